The molecule has 4 atom stereocenters. The topological polar surface area (TPSA) is 135 Å². The van der Waals surface area contributed by atoms with Gasteiger partial charge in [-0.25, -0.2) is 4.57 Å². The number of ether oxygens (including phenoxy) is 3. The number of hydrogen-bond donors (Lipinski definition) is 1. The van der Waals surface area contributed by atoms with E-state index < -0.39 is 50.6 Å². The van der Waals surface area contributed by atoms with Crippen molar-refractivity contribution in [2.24, 2.45) is 0 Å². The molecule has 0 rings (SSSR count). The Balaban J connectivity index is 5.02. The number of esters is 3. The van der Waals surface area contributed by atoms with E-state index in [-0.39, 0.29) is 32.4 Å². The zero-order chi connectivity index (χ0) is 47.6. The highest BCUT2D eigenvalue weighted by Gasteiger charge is 2.36. The summed E-state index contributed by atoms with van der Waals surface area (Å²) in [5.41, 5.74) is 0. The van der Waals surface area contributed by atoms with E-state index in [9.17, 15) is 23.8 Å². The third kappa shape index (κ3) is 42.6. The Kier molecular flexibility index (Phi) is 41.0. The number of carbonyl (C=O) groups excluding carboxylic acids is 3. The fraction of sp³-hybridized carbons (Fsp3) is 0.865. The molecule has 0 aromatic rings. The Morgan fingerprint density at radius 1 is 0.516 bits per heavy atom. The molecule has 0 spiro atoms. The minimum Gasteiger partial charge on any atom is -0.462 e. The molecule has 0 bridgehead atoms. The first-order valence-corrected chi connectivity index (χ1v) is 27.5. The van der Waals surface area contributed by atoms with Crippen LogP contribution in [-0.2, 0) is 42.2 Å². The molecule has 0 amide bonds. The number of allylic oxidation sites excluding steroid dienone is 4. The van der Waals surface area contributed by atoms with Crippen LogP contribution >= 0.6 is 7.82 Å². The normalized spacial score (nSPS) is 14.4. The Morgan fingerprint density at radius 3 is 1.31 bits per heavy atom. The van der Waals surface area contributed by atoms with Gasteiger partial charge in [-0.3, -0.25) is 23.4 Å². The lowest BCUT2D eigenvalue weighted by Crippen LogP contribution is -2.47. The quantitative estimate of drug-likeness (QED) is 0.0157. The van der Waals surface area contributed by atoms with Crippen molar-refractivity contribution in [3.05, 3.63) is 24.3 Å². The lowest BCUT2D eigenvalue weighted by molar-refractivity contribution is -0.873. The molecule has 3 unspecified atom stereocenters. The van der Waals surface area contributed by atoms with Crippen LogP contribution in [0, 0.1) is 0 Å². The Morgan fingerprint density at radius 2 is 0.875 bits per heavy atom. The molecule has 0 aromatic carbocycles. The molecular weight excluding hydrogens is 830 g/mol. The third-order valence-corrected chi connectivity index (χ3v) is 12.3. The van der Waals surface area contributed by atoms with Crippen LogP contribution in [0.25, 0.3) is 0 Å². The fourth-order valence-corrected chi connectivity index (χ4v) is 8.34. The minimum absolute atomic E-state index is 0.178. The molecule has 0 fully saturated rings. The van der Waals surface area contributed by atoms with Crippen LogP contribution in [0.3, 0.4) is 0 Å². The van der Waals surface area contributed by atoms with Gasteiger partial charge in [-0.2, -0.15) is 0 Å². The van der Waals surface area contributed by atoms with E-state index in [1.807, 2.05) is 28.1 Å². The van der Waals surface area contributed by atoms with Crippen molar-refractivity contribution in [1.29, 1.82) is 0 Å². The molecule has 0 aromatic heterocycles. The number of unbranched alkanes of at least 4 members (excludes halogenated alkanes) is 24. The van der Waals surface area contributed by atoms with Crippen LogP contribution in [0.15, 0.2) is 24.3 Å². The predicted octanol–water partition coefficient (Wildman–Crippen LogP) is 14.2. The van der Waals surface area contributed by atoms with Crippen molar-refractivity contribution in [1.82, 2.24) is 0 Å². The molecule has 0 heterocycles. The average molecular weight is 929 g/mol. The number of hydrogen-bond acceptors (Lipinski definition) is 9. The molecule has 0 saturated carbocycles. The number of phosphoric acid groups is 1. The van der Waals surface area contributed by atoms with E-state index in [1.165, 1.54) is 83.5 Å². The summed E-state index contributed by atoms with van der Waals surface area (Å²) in [6, 6.07) is 0. The summed E-state index contributed by atoms with van der Waals surface area (Å²) in [5, 5.41) is 0. The summed E-state index contributed by atoms with van der Waals surface area (Å²) in [7, 11) is 0.940. The Labute approximate surface area is 392 Å². The van der Waals surface area contributed by atoms with Crippen LogP contribution in [0.1, 0.15) is 233 Å². The Bertz CT molecular complexity index is 1240. The first-order valence-electron chi connectivity index (χ1n) is 26.0. The van der Waals surface area contributed by atoms with E-state index in [0.29, 0.717) is 23.7 Å². The molecule has 376 valence electrons. The number of quaternary nitrogens is 1. The van der Waals surface area contributed by atoms with Gasteiger partial charge < -0.3 is 23.6 Å². The fourth-order valence-electron chi connectivity index (χ4n) is 7.35. The van der Waals surface area contributed by atoms with Crippen LogP contribution in [0.5, 0.6) is 0 Å². The van der Waals surface area contributed by atoms with Crippen LogP contribution in [0.4, 0.5) is 0 Å². The first-order chi connectivity index (χ1) is 30.7. The van der Waals surface area contributed by atoms with Gasteiger partial charge in [0.2, 0.25) is 0 Å². The summed E-state index contributed by atoms with van der Waals surface area (Å²) in [5.74, 6) is -1.30. The standard InChI is InChI=1S/C52H98NO10P/c1-8-11-14-16-18-20-22-24-26-28-30-32-34-36-39-41-50(54)59-45-48(62-52(56)43-40-37-35-33-31-29-27-25-23-21-19-17-15-12-9-2)46-60-64(57,58)63-49(44-53(5,6)7)47(4)61-51(55)42-38-13-10-3/h24-27,47-49H,8-23,28-46H2,1-7H3/p+1/b26-24-,27-25-/t47?,48-,49?/m1/s1. The van der Waals surface area contributed by atoms with Gasteiger partial charge in [-0.1, -0.05) is 161 Å². The molecular formula is C52H99NO10P+. The minimum atomic E-state index is -4.74. The van der Waals surface area contributed by atoms with Gasteiger partial charge in [-0.05, 0) is 77.6 Å². The van der Waals surface area contributed by atoms with E-state index in [0.717, 1.165) is 83.5 Å². The largest absolute Gasteiger partial charge is 0.472 e. The van der Waals surface area contributed by atoms with Gasteiger partial charge in [0, 0.05) is 19.3 Å². The molecule has 11 nitrogen and oxygen atoms in total. The summed E-state index contributed by atoms with van der Waals surface area (Å²) >= 11 is 0. The summed E-state index contributed by atoms with van der Waals surface area (Å²) in [4.78, 5) is 49.0. The van der Waals surface area contributed by atoms with E-state index >= 15 is 0 Å². The van der Waals surface area contributed by atoms with Crippen LogP contribution < -0.4 is 0 Å². The van der Waals surface area contributed by atoms with Crippen molar-refractivity contribution >= 4 is 25.7 Å². The summed E-state index contributed by atoms with van der Waals surface area (Å²) in [6.45, 7) is 7.59. The molecule has 0 aliphatic carbocycles. The second kappa shape index (κ2) is 42.3. The van der Waals surface area contributed by atoms with Gasteiger partial charge in [0.05, 0.1) is 27.7 Å². The number of phosphoric ester groups is 1. The zero-order valence-electron chi connectivity index (χ0n) is 42.3. The molecule has 0 aliphatic rings. The van der Waals surface area contributed by atoms with Crippen LogP contribution in [0.2, 0.25) is 0 Å². The second-order valence-electron chi connectivity index (χ2n) is 19.0. The highest BCUT2D eigenvalue weighted by atomic mass is 31.2. The highest BCUT2D eigenvalue weighted by Crippen LogP contribution is 2.45. The van der Waals surface area contributed by atoms with Gasteiger partial charge in [0.1, 0.15) is 19.3 Å². The summed E-state index contributed by atoms with van der Waals surface area (Å²) < 4.78 is 41.5. The number of rotatable bonds is 46. The molecule has 0 aliphatic heterocycles. The van der Waals surface area contributed by atoms with Gasteiger partial charge >= 0.3 is 25.7 Å². The third-order valence-electron chi connectivity index (χ3n) is 11.3. The first kappa shape index (κ1) is 62.0. The van der Waals surface area contributed by atoms with Gasteiger partial charge in [0.25, 0.3) is 0 Å². The van der Waals surface area contributed by atoms with E-state index in [1.54, 1.807) is 6.92 Å². The van der Waals surface area contributed by atoms with Gasteiger partial charge in [0.15, 0.2) is 12.2 Å². The number of nitrogens with zero attached hydrogens (tertiary/aromatic N) is 1. The summed E-state index contributed by atoms with van der Waals surface area (Å²) in [6.07, 6.45) is 39.5. The smallest absolute Gasteiger partial charge is 0.462 e. The maximum absolute atomic E-state index is 13.3. The maximum atomic E-state index is 13.3. The Hall–Kier alpha value is -2.04. The molecule has 0 radical (unpaired) electrons. The van der Waals surface area contributed by atoms with Gasteiger partial charge in [-0.15, -0.1) is 0 Å². The number of likely N-dealkylation sites (N-methyl/N-ethyl adjacent to an activating group) is 1. The monoisotopic (exact) mass is 929 g/mol. The lowest BCUT2D eigenvalue weighted by atomic mass is 10.1. The predicted molar refractivity (Wildman–Crippen MR) is 263 cm³/mol. The van der Waals surface area contributed by atoms with E-state index in [4.69, 9.17) is 23.3 Å². The lowest BCUT2D eigenvalue weighted by Gasteiger charge is -2.32. The molecule has 64 heavy (non-hydrogen) atoms. The second-order valence-corrected chi connectivity index (χ2v) is 20.4. The van der Waals surface area contributed by atoms with Crippen molar-refractivity contribution in [3.8, 4) is 0 Å². The van der Waals surface area contributed by atoms with Crippen molar-refractivity contribution in [2.75, 3.05) is 40.9 Å². The molecule has 0 saturated heterocycles. The van der Waals surface area contributed by atoms with Crippen molar-refractivity contribution < 1.29 is 51.6 Å². The van der Waals surface area contributed by atoms with Crippen molar-refractivity contribution in [3.63, 3.8) is 0 Å². The maximum Gasteiger partial charge on any atom is 0.472 e. The zero-order valence-corrected chi connectivity index (χ0v) is 43.2. The van der Waals surface area contributed by atoms with E-state index in [2.05, 4.69) is 38.2 Å². The van der Waals surface area contributed by atoms with Crippen LogP contribution in [-0.4, -0.2) is 86.5 Å². The highest BCUT2D eigenvalue weighted by molar-refractivity contribution is 7.47. The molecule has 1 N–H and O–H groups in total. The molecule has 12 heteroatoms. The van der Waals surface area contributed by atoms with Crippen molar-refractivity contribution in [2.45, 2.75) is 251 Å². The average Bonchev–Trinajstić information content (AvgIpc) is 3.23. The SMILES string of the molecule is CCCCCCCC/C=C\CCCCCCCC(=O)OC[C@H](COP(=O)(O)OC(C[N+](C)(C)C)C(C)OC(=O)CCCCC)OC(=O)CCCCCCC/C=C\CCCCCCCC. The number of carbonyl (C=O) groups is 3.